The smallest absolute Gasteiger partial charge is 0.166 e. The van der Waals surface area contributed by atoms with E-state index in [9.17, 15) is 4.39 Å². The summed E-state index contributed by atoms with van der Waals surface area (Å²) in [5.74, 6) is 0. The average Bonchev–Trinajstić information content (AvgIpc) is 0.845. The van der Waals surface area contributed by atoms with Crippen molar-refractivity contribution in [1.29, 1.82) is 0 Å². The standard InChI is InChI=1S/4C18H15S.C5H15NSi.C4H12OSi.C3H10Si.C2H8OSi.3C2H6O.CH3F/c4*1-4-10-16(11-5-1)19(17-12-6-2-7-13-17)18-14-8-3-9-15-18;1-2-6-4-3-5-7;1-5-3-2-4-6;1-2-3-4;1-3-2-4;3*1-3-2;1-2/h4*1-15H;6H,2-5H2,1,7H3;2-4H2,1,6H3;2-3H2,1,4H3;2H2,1,4H3;3*1-2H3;1H3/q4*+1;;;;;;;;. The fourth-order valence-electron chi connectivity index (χ4n) is 9.08. The van der Waals surface area contributed by atoms with Crippen LogP contribution in [0.2, 0.25) is 18.1 Å². The van der Waals surface area contributed by atoms with Crippen molar-refractivity contribution in [2.75, 3.05) is 90.0 Å². The minimum absolute atomic E-state index is 0.0146. The third-order valence-corrected chi connectivity index (χ3v) is 26.1. The molecule has 0 atom stereocenters. The Kier molecular flexibility index (Phi) is 65.0. The van der Waals surface area contributed by atoms with Crippen LogP contribution in [0.25, 0.3) is 0 Å². The molecule has 0 unspecified atom stereocenters. The number of nitrogens with one attached hydrogen (secondary N) is 1. The zero-order chi connectivity index (χ0) is 79.0. The van der Waals surface area contributed by atoms with E-state index in [-0.39, 0.29) is 43.6 Å². The second-order valence-electron chi connectivity index (χ2n) is 22.8. The van der Waals surface area contributed by atoms with Crippen LogP contribution < -0.4 is 5.32 Å². The summed E-state index contributed by atoms with van der Waals surface area (Å²) in [6, 6.07) is 133. The van der Waals surface area contributed by atoms with Gasteiger partial charge in [0.1, 0.15) is 0 Å². The Balaban J connectivity index is 0.000000635. The Bertz CT molecular complexity index is 2920. The lowest BCUT2D eigenvalue weighted by Gasteiger charge is -2.07. The lowest BCUT2D eigenvalue weighted by Crippen LogP contribution is -2.13. The quantitative estimate of drug-likeness (QED) is 0.0440. The summed E-state index contributed by atoms with van der Waals surface area (Å²) in [5.41, 5.74) is 0. The number of hydrogen-bond acceptors (Lipinski definition) is 6. The van der Waals surface area contributed by atoms with E-state index in [0.717, 1.165) is 19.4 Å². The van der Waals surface area contributed by atoms with Crippen LogP contribution in [-0.2, 0) is 67.3 Å². The van der Waals surface area contributed by atoms with Crippen LogP contribution in [0.1, 0.15) is 33.1 Å². The molecule has 1 N–H and O–H groups in total. The van der Waals surface area contributed by atoms with E-state index in [1.54, 1.807) is 56.9 Å². The molecule has 0 bridgehead atoms. The Morgan fingerprint density at radius 3 is 0.472 bits per heavy atom. The van der Waals surface area contributed by atoms with E-state index in [1.807, 2.05) is 0 Å². The van der Waals surface area contributed by atoms with Gasteiger partial charge >= 0.3 is 0 Å². The molecule has 0 radical (unpaired) electrons. The van der Waals surface area contributed by atoms with Gasteiger partial charge in [-0.1, -0.05) is 257 Å². The molecule has 0 saturated carbocycles. The van der Waals surface area contributed by atoms with Crippen LogP contribution >= 0.6 is 0 Å². The molecule has 15 heteroatoms. The SMILES string of the molecule is CCC[SiH3].CCNCCC[SiH3].CF.COC.COC.COC.COCCC[SiH3].COC[SiH3].c1ccc([S+](c2ccccc2)c2ccccc2)cc1.c1ccc([S+](c2ccccc2)c2ccccc2)cc1.c1ccc([S+](c2ccccc2)c2ccccc2)cc1.c1ccc([S+](c2ccccc2)c2ccccc2)cc1. The molecule has 6 nitrogen and oxygen atoms in total. The number of benzene rings is 12. The monoisotopic (exact) mass is 1600 g/mol. The maximum Gasteiger partial charge on any atom is 0.166 e. The third kappa shape index (κ3) is 44.3. The fourth-order valence-corrected chi connectivity index (χ4v) is 18.1. The van der Waals surface area contributed by atoms with Gasteiger partial charge in [-0.2, -0.15) is 0 Å². The fraction of sp³-hybridized carbons (Fsp3) is 0.226. The molecule has 12 aromatic rings. The maximum atomic E-state index is 9.50. The molecule has 0 aliphatic heterocycles. The number of alkyl halides is 1. The van der Waals surface area contributed by atoms with E-state index >= 15 is 0 Å². The van der Waals surface area contributed by atoms with Crippen LogP contribution in [0.15, 0.2) is 423 Å². The lowest BCUT2D eigenvalue weighted by molar-refractivity contribution is 0.199. The van der Waals surface area contributed by atoms with E-state index in [4.69, 9.17) is 4.74 Å². The molecular formula is C93H126FNO5S4Si4+4. The van der Waals surface area contributed by atoms with E-state index in [2.05, 4.69) is 402 Å². The van der Waals surface area contributed by atoms with Gasteiger partial charge in [0.2, 0.25) is 0 Å². The molecule has 0 aliphatic carbocycles. The first-order valence-electron chi connectivity index (χ1n) is 37.0. The molecule has 0 spiro atoms. The minimum Gasteiger partial charge on any atom is -0.389 e. The Hall–Kier alpha value is -7.40. The van der Waals surface area contributed by atoms with Crippen LogP contribution in [-0.4, -0.2) is 131 Å². The molecule has 0 amide bonds. The first-order chi connectivity index (χ1) is 53.2. The van der Waals surface area contributed by atoms with Crippen molar-refractivity contribution in [2.45, 2.75) is 110 Å². The van der Waals surface area contributed by atoms with Gasteiger partial charge in [-0.05, 0) is 172 Å². The number of ether oxygens (including phenoxy) is 5. The zero-order valence-electron chi connectivity index (χ0n) is 67.3. The highest BCUT2D eigenvalue weighted by atomic mass is 32.2. The largest absolute Gasteiger partial charge is 0.389 e. The predicted molar refractivity (Wildman–Crippen MR) is 488 cm³/mol. The molecule has 576 valence electrons. The molecular weight excluding hydrogens is 1470 g/mol. The van der Waals surface area contributed by atoms with Crippen molar-refractivity contribution >= 4 is 84.5 Å². The molecule has 0 saturated heterocycles. The third-order valence-electron chi connectivity index (χ3n) is 14.2. The van der Waals surface area contributed by atoms with Crippen molar-refractivity contribution in [1.82, 2.24) is 5.32 Å². The van der Waals surface area contributed by atoms with E-state index in [1.165, 1.54) is 144 Å². The number of methoxy groups -OCH3 is 5. The van der Waals surface area contributed by atoms with Gasteiger partial charge < -0.3 is 29.0 Å². The first kappa shape index (κ1) is 98.6. The van der Waals surface area contributed by atoms with Gasteiger partial charge in [-0.15, -0.1) is 0 Å². The summed E-state index contributed by atoms with van der Waals surface area (Å²) in [6.07, 6.45) is 4.97. The predicted octanol–water partition coefficient (Wildman–Crippen LogP) is 19.2. The summed E-state index contributed by atoms with van der Waals surface area (Å²) < 4.78 is 31.7. The Labute approximate surface area is 676 Å². The van der Waals surface area contributed by atoms with Gasteiger partial charge in [0.05, 0.1) is 50.8 Å². The summed E-state index contributed by atoms with van der Waals surface area (Å²) in [7, 11) is 18.9. The molecule has 0 aliphatic rings. The van der Waals surface area contributed by atoms with Crippen LogP contribution in [0, 0.1) is 0 Å². The Morgan fingerprint density at radius 1 is 0.250 bits per heavy atom. The van der Waals surface area contributed by atoms with Gasteiger partial charge in [0, 0.05) is 111 Å². The summed E-state index contributed by atoms with van der Waals surface area (Å²) in [5, 5.41) is 3.27. The van der Waals surface area contributed by atoms with E-state index in [0.29, 0.717) is 7.18 Å². The van der Waals surface area contributed by atoms with Gasteiger partial charge in [-0.25, -0.2) is 0 Å². The van der Waals surface area contributed by atoms with Crippen molar-refractivity contribution in [3.63, 3.8) is 0 Å². The first-order valence-corrected chi connectivity index (χ1v) is 47.6. The zero-order valence-corrected chi connectivity index (χ0v) is 78.5. The molecule has 12 aromatic carbocycles. The number of rotatable bonds is 21. The van der Waals surface area contributed by atoms with Crippen molar-refractivity contribution in [2.24, 2.45) is 0 Å². The lowest BCUT2D eigenvalue weighted by atomic mass is 10.4. The Morgan fingerprint density at radius 2 is 0.389 bits per heavy atom. The molecule has 0 heterocycles. The molecule has 12 rings (SSSR count). The second kappa shape index (κ2) is 71.2. The molecule has 108 heavy (non-hydrogen) atoms. The van der Waals surface area contributed by atoms with Gasteiger partial charge in [-0.3, -0.25) is 4.39 Å². The number of hydrogen-bond donors (Lipinski definition) is 1. The second-order valence-corrected chi connectivity index (χ2v) is 34.5. The topological polar surface area (TPSA) is 58.2 Å². The van der Waals surface area contributed by atoms with Crippen LogP contribution in [0.3, 0.4) is 0 Å². The maximum absolute atomic E-state index is 9.50. The highest BCUT2D eigenvalue weighted by Gasteiger charge is 2.31. The molecule has 0 fully saturated rings. The van der Waals surface area contributed by atoms with Gasteiger partial charge in [0.25, 0.3) is 0 Å². The summed E-state index contributed by atoms with van der Waals surface area (Å²) in [6.45, 7) is 7.66. The highest BCUT2D eigenvalue weighted by molar-refractivity contribution is 7.98. The number of halogens is 1. The molecule has 0 aromatic heterocycles. The van der Waals surface area contributed by atoms with Crippen molar-refractivity contribution in [3.8, 4) is 0 Å². The van der Waals surface area contributed by atoms with Crippen molar-refractivity contribution < 1.29 is 28.1 Å². The van der Waals surface area contributed by atoms with Crippen LogP contribution in [0.4, 0.5) is 4.39 Å². The normalized spacial score (nSPS) is 9.78. The van der Waals surface area contributed by atoms with Crippen LogP contribution in [0.5, 0.6) is 0 Å². The van der Waals surface area contributed by atoms with E-state index < -0.39 is 0 Å². The highest BCUT2D eigenvalue weighted by Crippen LogP contribution is 2.34. The average molecular weight is 1600 g/mol. The minimum atomic E-state index is -0.0146. The van der Waals surface area contributed by atoms with Crippen molar-refractivity contribution in [3.05, 3.63) is 364 Å². The summed E-state index contributed by atoms with van der Waals surface area (Å²) >= 11 is 0. The van der Waals surface area contributed by atoms with Gasteiger partial charge in [0.15, 0.2) is 58.7 Å². The summed E-state index contributed by atoms with van der Waals surface area (Å²) in [4.78, 5) is 16.3.